The normalized spacial score (nSPS) is 20.1. The van der Waals surface area contributed by atoms with E-state index in [-0.39, 0.29) is 62.1 Å². The molecule has 2 aliphatic rings. The number of imidazole rings is 1. The number of hydrogen-bond acceptors (Lipinski definition) is 26. The molecule has 2 aliphatic heterocycles. The van der Waals surface area contributed by atoms with Gasteiger partial charge in [-0.1, -0.05) is 40.0 Å². The molecule has 13 N–H and O–H groups in total. The first-order valence-corrected chi connectivity index (χ1v) is 31.2. The summed E-state index contributed by atoms with van der Waals surface area (Å²) in [6.07, 6.45) is -17.1. The molecule has 0 aromatic carbocycles. The Bertz CT molecular complexity index is 3210. The van der Waals surface area contributed by atoms with Crippen molar-refractivity contribution < 1.29 is 140 Å². The van der Waals surface area contributed by atoms with E-state index in [1.54, 1.807) is 41.9 Å². The van der Waals surface area contributed by atoms with Crippen LogP contribution in [-0.4, -0.2) is 190 Å². The highest BCUT2D eigenvalue weighted by Gasteiger charge is 2.48. The average molecular weight is 1440 g/mol. The number of esters is 2. The summed E-state index contributed by atoms with van der Waals surface area (Å²) in [4.78, 5) is 120. The first kappa shape index (κ1) is 84.3. The summed E-state index contributed by atoms with van der Waals surface area (Å²) < 4.78 is 167. The van der Waals surface area contributed by atoms with Gasteiger partial charge in [0.1, 0.15) is 66.5 Å². The Morgan fingerprint density at radius 3 is 1.60 bits per heavy atom. The van der Waals surface area contributed by atoms with Crippen LogP contribution in [0.15, 0.2) is 29.7 Å². The zero-order valence-electron chi connectivity index (χ0n) is 50.8. The summed E-state index contributed by atoms with van der Waals surface area (Å²) in [6.45, 7) is 2.29. The molecule has 2 fully saturated rings. The summed E-state index contributed by atoms with van der Waals surface area (Å²) >= 11 is 0. The topological polar surface area (TPSA) is 537 Å². The second-order valence-electron chi connectivity index (χ2n) is 20.6. The number of aliphatic hydroxyl groups excluding tert-OH is 2. The molecule has 3 aromatic heterocycles. The number of carboxylic acid groups (broad SMARTS) is 1. The Morgan fingerprint density at radius 1 is 0.698 bits per heavy atom. The first-order valence-electron chi connectivity index (χ1n) is 28.2. The molecule has 46 heteroatoms. The molecule has 540 valence electrons. The van der Waals surface area contributed by atoms with Gasteiger partial charge in [0.25, 0.3) is 0 Å². The number of aliphatic hydroxyl groups is 2. The molecule has 0 bridgehead atoms. The number of anilines is 2. The number of carboxylic acids is 1. The molecular weight excluding hydrogens is 1370 g/mol. The lowest BCUT2D eigenvalue weighted by Gasteiger charge is -2.22. The predicted octanol–water partition coefficient (Wildman–Crippen LogP) is 2.40. The summed E-state index contributed by atoms with van der Waals surface area (Å²) in [5.74, 6) is -9.20. The van der Waals surface area contributed by atoms with Crippen LogP contribution in [0.5, 0.6) is 0 Å². The van der Waals surface area contributed by atoms with Crippen molar-refractivity contribution in [1.82, 2.24) is 45.0 Å². The van der Waals surface area contributed by atoms with E-state index >= 15 is 0 Å². The van der Waals surface area contributed by atoms with E-state index < -0.39 is 149 Å². The number of amides is 3. The number of carbonyl (C=O) groups is 6. The molecule has 3 aromatic rings. The lowest BCUT2D eigenvalue weighted by Crippen LogP contribution is -2.37. The maximum Gasteiger partial charge on any atom is 0.472 e. The number of carbonyl (C=O) groups excluding carboxylic acids is 5. The molecule has 96 heavy (non-hydrogen) atoms. The van der Waals surface area contributed by atoms with Crippen LogP contribution in [0.2, 0.25) is 0 Å². The smallest absolute Gasteiger partial charge is 0.472 e. The van der Waals surface area contributed by atoms with Gasteiger partial charge >= 0.3 is 75.5 Å². The van der Waals surface area contributed by atoms with Crippen molar-refractivity contribution >= 4 is 74.1 Å². The molecule has 3 amide bonds. The first-order chi connectivity index (χ1) is 44.5. The fourth-order valence-electron chi connectivity index (χ4n) is 7.95. The summed E-state index contributed by atoms with van der Waals surface area (Å²) in [5.41, 5.74) is 10.9. The maximum atomic E-state index is 12.9. The predicted molar refractivity (Wildman–Crippen MR) is 303 cm³/mol. The van der Waals surface area contributed by atoms with Crippen LogP contribution in [0.4, 0.5) is 51.1 Å². The number of aromatic nitrogens is 6. The molecule has 5 rings (SSSR count). The standard InChI is InChI=1S/C19H26N8O13P2.2C11H15F3N2O3.C9H14F3NO3/c20-11-1-2-26(19(30)25-11)12-3-8(9(38-12)4-36-41(31,32)33)40-42(34,35)37-5-10-14(28)15(29)18(39-10)27-7-24-13-16(21)22-6-23-17(13)27;2*1-8(9(17)19-7-5-15)4-2-3-6-16-10(18)11(12,13)14;1-6(7(14)15)4-2-3-5-13-8(16)9(10,11)12/h1-2,6-10,12,14-15,18,28-29H,3-5H2,(H,34,35)(H2,20,25,30)(H2,21,22,23)(H2,31,32,33);2*8H,2-4,6-7H2,1H3,(H,16,18);6H,2-5H2,1H3,(H,13,16)(H,14,15)/t8-,9+,10+,12+,14+,15+,18+;2*8-;6-/m0000/s1. The third-order valence-electron chi connectivity index (χ3n) is 13.0. The minimum absolute atomic E-state index is 0.0704. The zero-order chi connectivity index (χ0) is 72.9. The van der Waals surface area contributed by atoms with Gasteiger partial charge in [-0.2, -0.15) is 55.0 Å². The van der Waals surface area contributed by atoms with Crippen LogP contribution in [0, 0.1) is 40.4 Å². The highest BCUT2D eigenvalue weighted by molar-refractivity contribution is 7.47. The van der Waals surface area contributed by atoms with E-state index in [4.69, 9.17) is 55.4 Å². The summed E-state index contributed by atoms with van der Waals surface area (Å²) in [7, 11) is -9.96. The van der Waals surface area contributed by atoms with Gasteiger partial charge in [0, 0.05) is 32.3 Å². The van der Waals surface area contributed by atoms with Crippen LogP contribution in [0.25, 0.3) is 11.2 Å². The van der Waals surface area contributed by atoms with Crippen molar-refractivity contribution in [2.75, 3.05) is 57.5 Å². The number of nitrogens with one attached hydrogen (secondary N) is 3. The molecule has 11 atom stereocenters. The van der Waals surface area contributed by atoms with Crippen LogP contribution in [0.3, 0.4) is 0 Å². The minimum Gasteiger partial charge on any atom is -0.481 e. The number of aliphatic carboxylic acids is 1. The summed E-state index contributed by atoms with van der Waals surface area (Å²) in [6, 6.07) is 4.61. The number of nitriles is 2. The van der Waals surface area contributed by atoms with Gasteiger partial charge in [-0.25, -0.2) is 28.9 Å². The molecule has 0 spiro atoms. The highest BCUT2D eigenvalue weighted by Crippen LogP contribution is 2.50. The number of halogens is 9. The number of alkyl halides is 9. The van der Waals surface area contributed by atoms with Gasteiger partial charge in [-0.15, -0.1) is 0 Å². The quantitative estimate of drug-likeness (QED) is 0.0197. The monoisotopic (exact) mass is 1440 g/mol. The number of hydrogen-bond donors (Lipinski definition) is 11. The Balaban J connectivity index is 0.000000487. The van der Waals surface area contributed by atoms with E-state index in [9.17, 15) is 97.3 Å². The molecule has 2 saturated heterocycles. The second-order valence-corrected chi connectivity index (χ2v) is 23.2. The summed E-state index contributed by atoms with van der Waals surface area (Å²) in [5, 5.41) is 51.2. The fraction of sp³-hybridized carbons (Fsp3) is 0.660. The third kappa shape index (κ3) is 30.6. The van der Waals surface area contributed by atoms with Crippen molar-refractivity contribution in [3.05, 3.63) is 35.4 Å². The van der Waals surface area contributed by atoms with Crippen LogP contribution in [-0.2, 0) is 70.4 Å². The Morgan fingerprint density at radius 2 is 1.17 bits per heavy atom. The van der Waals surface area contributed by atoms with Crippen LogP contribution >= 0.6 is 15.6 Å². The molecule has 1 unspecified atom stereocenters. The molecule has 35 nitrogen and oxygen atoms in total. The minimum atomic E-state index is -4.99. The van der Waals surface area contributed by atoms with Crippen LogP contribution < -0.4 is 33.1 Å². The average Bonchev–Trinajstić information content (AvgIpc) is 1.63. The molecule has 5 heterocycles. The van der Waals surface area contributed by atoms with Crippen molar-refractivity contribution in [2.45, 2.75) is 146 Å². The number of nitrogens with zero attached hydrogens (tertiary/aromatic N) is 8. The third-order valence-corrected chi connectivity index (χ3v) is 14.5. The van der Waals surface area contributed by atoms with E-state index in [1.807, 2.05) is 0 Å². The number of phosphoric ester groups is 2. The number of phosphoric acid groups is 2. The van der Waals surface area contributed by atoms with Gasteiger partial charge in [0.05, 0.1) is 37.3 Å². The fourth-order valence-corrected chi connectivity index (χ4v) is 9.25. The Kier molecular flexibility index (Phi) is 34.7. The maximum absolute atomic E-state index is 12.9. The van der Waals surface area contributed by atoms with E-state index in [0.717, 1.165) is 4.57 Å². The van der Waals surface area contributed by atoms with Crippen molar-refractivity contribution in [3.8, 4) is 12.1 Å². The lowest BCUT2D eigenvalue weighted by atomic mass is 10.0. The number of ether oxygens (including phenoxy) is 4. The van der Waals surface area contributed by atoms with E-state index in [2.05, 4.69) is 33.9 Å². The Hall–Kier alpha value is -7.74. The number of fused-ring (bicyclic) bond motifs is 1. The SMILES string of the molecule is C[C@@H](CCCCNC(=O)C(F)(F)F)C(=O)O.C[C@@H](CCCCNC(=O)C(F)(F)F)C(=O)OCC#N.C[C@@H](CCCCNC(=O)C(F)(F)F)C(=O)OCC#N.Nc1ccn([C@H]2C[C@H](OP(=O)(O)OC[C@H]3O[C@@H](n4cnc5c(N)ncnc54)[C@H](O)[C@@H]3O)[C@@H](COP(=O)(O)O)O2)c(=O)n1. The van der Waals surface area contributed by atoms with Crippen molar-refractivity contribution in [3.63, 3.8) is 0 Å². The largest absolute Gasteiger partial charge is 0.481 e. The van der Waals surface area contributed by atoms with Gasteiger partial charge in [-0.3, -0.25) is 51.5 Å². The lowest BCUT2D eigenvalue weighted by molar-refractivity contribution is -0.173. The number of nitrogen functional groups attached to an aromatic ring is 2. The van der Waals surface area contributed by atoms with Gasteiger partial charge < -0.3 is 76.4 Å². The molecule has 0 radical (unpaired) electrons. The van der Waals surface area contributed by atoms with Gasteiger partial charge in [0.15, 0.2) is 30.9 Å². The highest BCUT2D eigenvalue weighted by atomic mass is 31.2. The number of nitrogens with two attached hydrogens (primary N) is 2. The molecule has 0 aliphatic carbocycles. The van der Waals surface area contributed by atoms with Crippen molar-refractivity contribution in [1.29, 1.82) is 10.5 Å². The molecule has 0 saturated carbocycles. The van der Waals surface area contributed by atoms with E-state index in [1.165, 1.54) is 36.4 Å². The number of unbranched alkanes of at least 4 members (excludes halogenated alkanes) is 3. The van der Waals surface area contributed by atoms with E-state index in [0.29, 0.717) is 57.8 Å². The Labute approximate surface area is 537 Å². The molecular formula is C50H70F9N13O22P2. The second kappa shape index (κ2) is 39.5. The van der Waals surface area contributed by atoms with Gasteiger partial charge in [0.2, 0.25) is 0 Å². The zero-order valence-corrected chi connectivity index (χ0v) is 52.6. The number of rotatable bonds is 30. The van der Waals surface area contributed by atoms with Gasteiger partial charge in [-0.05, 0) is 44.6 Å². The van der Waals surface area contributed by atoms with Crippen LogP contribution in [0.1, 0.15) is 97.4 Å². The van der Waals surface area contributed by atoms with Crippen molar-refractivity contribution in [2.24, 2.45) is 17.8 Å².